The van der Waals surface area contributed by atoms with E-state index in [9.17, 15) is 9.59 Å². The quantitative estimate of drug-likeness (QED) is 0.538. The molecule has 0 atom stereocenters. The molecule has 1 fully saturated rings. The Morgan fingerprint density at radius 2 is 2.10 bits per heavy atom. The van der Waals surface area contributed by atoms with E-state index in [1.165, 1.54) is 41.2 Å². The fourth-order valence-corrected chi connectivity index (χ4v) is 4.93. The average molecular weight is 441 g/mol. The Morgan fingerprint density at radius 3 is 2.90 bits per heavy atom. The van der Waals surface area contributed by atoms with Crippen molar-refractivity contribution in [2.24, 2.45) is 0 Å². The SMILES string of the molecule is CCCCC(=O)Nc1cccc(OCc2cc(=O)n3nc(C4CCCCC4)sc3n2)c1. The smallest absolute Gasteiger partial charge is 0.275 e. The molecule has 3 aromatic rings. The van der Waals surface area contributed by atoms with E-state index in [0.717, 1.165) is 30.7 Å². The number of nitrogens with one attached hydrogen (secondary N) is 1. The lowest BCUT2D eigenvalue weighted by Gasteiger charge is -2.18. The van der Waals surface area contributed by atoms with Gasteiger partial charge in [0.25, 0.3) is 5.56 Å². The lowest BCUT2D eigenvalue weighted by Crippen LogP contribution is -2.17. The maximum absolute atomic E-state index is 12.5. The number of nitrogens with zero attached hydrogens (tertiary/aromatic N) is 3. The van der Waals surface area contributed by atoms with Gasteiger partial charge in [-0.1, -0.05) is 50.0 Å². The number of aromatic nitrogens is 3. The summed E-state index contributed by atoms with van der Waals surface area (Å²) >= 11 is 1.51. The predicted molar refractivity (Wildman–Crippen MR) is 122 cm³/mol. The number of unbranched alkanes of at least 4 members (excludes halogenated alkanes) is 1. The van der Waals surface area contributed by atoms with Crippen molar-refractivity contribution in [2.45, 2.75) is 70.8 Å². The monoisotopic (exact) mass is 440 g/mol. The summed E-state index contributed by atoms with van der Waals surface area (Å²) in [5.74, 6) is 1.05. The van der Waals surface area contributed by atoms with Gasteiger partial charge < -0.3 is 10.1 Å². The molecule has 7 nitrogen and oxygen atoms in total. The Morgan fingerprint density at radius 1 is 1.26 bits per heavy atom. The highest BCUT2D eigenvalue weighted by Crippen LogP contribution is 2.34. The van der Waals surface area contributed by atoms with Crippen molar-refractivity contribution in [2.75, 3.05) is 5.32 Å². The normalized spacial score (nSPS) is 14.6. The molecule has 1 saturated carbocycles. The molecule has 1 amide bonds. The molecule has 4 rings (SSSR count). The number of amides is 1. The summed E-state index contributed by atoms with van der Waals surface area (Å²) in [6.07, 6.45) is 8.35. The van der Waals surface area contributed by atoms with Crippen LogP contribution in [0, 0.1) is 0 Å². The van der Waals surface area contributed by atoms with Gasteiger partial charge in [0.05, 0.1) is 5.69 Å². The lowest BCUT2D eigenvalue weighted by molar-refractivity contribution is -0.116. The molecule has 0 aliphatic heterocycles. The Hall–Kier alpha value is -2.74. The number of rotatable bonds is 8. The summed E-state index contributed by atoms with van der Waals surface area (Å²) in [7, 11) is 0. The van der Waals surface area contributed by atoms with Gasteiger partial charge in [0.1, 0.15) is 17.4 Å². The first-order chi connectivity index (χ1) is 15.1. The van der Waals surface area contributed by atoms with Crippen molar-refractivity contribution < 1.29 is 9.53 Å². The molecule has 164 valence electrons. The van der Waals surface area contributed by atoms with Gasteiger partial charge in [0, 0.05) is 30.2 Å². The largest absolute Gasteiger partial charge is 0.487 e. The van der Waals surface area contributed by atoms with Crippen molar-refractivity contribution in [1.82, 2.24) is 14.6 Å². The predicted octanol–water partition coefficient (Wildman–Crippen LogP) is 4.91. The Balaban J connectivity index is 1.43. The second-order valence-electron chi connectivity index (χ2n) is 8.02. The van der Waals surface area contributed by atoms with E-state index < -0.39 is 0 Å². The molecule has 0 spiro atoms. The molecular weight excluding hydrogens is 412 g/mol. The summed E-state index contributed by atoms with van der Waals surface area (Å²) in [6.45, 7) is 2.23. The third-order valence-corrected chi connectivity index (χ3v) is 6.60. The number of benzene rings is 1. The molecule has 0 unspecified atom stereocenters. The van der Waals surface area contributed by atoms with Crippen LogP contribution in [0.1, 0.15) is 74.9 Å². The van der Waals surface area contributed by atoms with Crippen LogP contribution in [0.15, 0.2) is 35.1 Å². The molecule has 1 aromatic carbocycles. The Bertz CT molecular complexity index is 1100. The highest BCUT2D eigenvalue weighted by atomic mass is 32.1. The molecular formula is C23H28N4O3S. The summed E-state index contributed by atoms with van der Waals surface area (Å²) in [6, 6.07) is 8.74. The van der Waals surface area contributed by atoms with Gasteiger partial charge in [0.15, 0.2) is 0 Å². The van der Waals surface area contributed by atoms with Crippen molar-refractivity contribution in [3.05, 3.63) is 51.4 Å². The average Bonchev–Trinajstić information content (AvgIpc) is 3.22. The second kappa shape index (κ2) is 10.0. The van der Waals surface area contributed by atoms with E-state index >= 15 is 0 Å². The number of fused-ring (bicyclic) bond motifs is 1. The molecule has 2 heterocycles. The first-order valence-electron chi connectivity index (χ1n) is 11.0. The molecule has 0 bridgehead atoms. The van der Waals surface area contributed by atoms with Gasteiger partial charge in [-0.15, -0.1) is 0 Å². The highest BCUT2D eigenvalue weighted by Gasteiger charge is 2.20. The second-order valence-corrected chi connectivity index (χ2v) is 9.01. The molecule has 1 N–H and O–H groups in total. The zero-order chi connectivity index (χ0) is 21.6. The van der Waals surface area contributed by atoms with Crippen LogP contribution in [0.25, 0.3) is 4.96 Å². The van der Waals surface area contributed by atoms with E-state index in [1.54, 1.807) is 6.07 Å². The van der Waals surface area contributed by atoms with Crippen LogP contribution in [0.3, 0.4) is 0 Å². The van der Waals surface area contributed by atoms with Crippen molar-refractivity contribution in [3.63, 3.8) is 0 Å². The molecule has 0 radical (unpaired) electrons. The van der Waals surface area contributed by atoms with Gasteiger partial charge in [-0.05, 0) is 31.4 Å². The number of hydrogen-bond acceptors (Lipinski definition) is 6. The van der Waals surface area contributed by atoms with Gasteiger partial charge in [-0.3, -0.25) is 9.59 Å². The first kappa shape index (κ1) is 21.5. The van der Waals surface area contributed by atoms with Crippen molar-refractivity contribution >= 4 is 27.9 Å². The van der Waals surface area contributed by atoms with Crippen LogP contribution in [0.5, 0.6) is 5.75 Å². The summed E-state index contributed by atoms with van der Waals surface area (Å²) < 4.78 is 7.25. The number of ether oxygens (including phenoxy) is 1. The Kier molecular flexibility index (Phi) is 6.96. The maximum Gasteiger partial charge on any atom is 0.275 e. The zero-order valence-corrected chi connectivity index (χ0v) is 18.6. The highest BCUT2D eigenvalue weighted by molar-refractivity contribution is 7.16. The van der Waals surface area contributed by atoms with Crippen molar-refractivity contribution in [1.29, 1.82) is 0 Å². The molecule has 2 aromatic heterocycles. The van der Waals surface area contributed by atoms with E-state index in [-0.39, 0.29) is 18.1 Å². The first-order valence-corrected chi connectivity index (χ1v) is 11.9. The fraction of sp³-hybridized carbons (Fsp3) is 0.478. The zero-order valence-electron chi connectivity index (χ0n) is 17.8. The number of hydrogen-bond donors (Lipinski definition) is 1. The minimum absolute atomic E-state index is 0.00175. The maximum atomic E-state index is 12.5. The summed E-state index contributed by atoms with van der Waals surface area (Å²) in [5, 5.41) is 8.43. The van der Waals surface area contributed by atoms with Gasteiger partial charge in [-0.25, -0.2) is 4.98 Å². The van der Waals surface area contributed by atoms with E-state index in [0.29, 0.717) is 34.4 Å². The fourth-order valence-electron chi connectivity index (χ4n) is 3.84. The third kappa shape index (κ3) is 5.50. The summed E-state index contributed by atoms with van der Waals surface area (Å²) in [4.78, 5) is 29.7. The van der Waals surface area contributed by atoms with Crippen molar-refractivity contribution in [3.8, 4) is 5.75 Å². The van der Waals surface area contributed by atoms with Crippen LogP contribution in [-0.2, 0) is 11.4 Å². The molecule has 0 saturated heterocycles. The van der Waals surface area contributed by atoms with Crippen LogP contribution in [-0.4, -0.2) is 20.5 Å². The number of carbonyl (C=O) groups excluding carboxylic acids is 1. The topological polar surface area (TPSA) is 85.6 Å². The van der Waals surface area contributed by atoms with Crippen LogP contribution in [0.4, 0.5) is 5.69 Å². The van der Waals surface area contributed by atoms with Crippen LogP contribution in [0.2, 0.25) is 0 Å². The van der Waals surface area contributed by atoms with E-state index in [1.807, 2.05) is 18.2 Å². The van der Waals surface area contributed by atoms with E-state index in [2.05, 4.69) is 22.3 Å². The van der Waals surface area contributed by atoms with Gasteiger partial charge >= 0.3 is 0 Å². The van der Waals surface area contributed by atoms with Crippen LogP contribution >= 0.6 is 11.3 Å². The Labute approximate surface area is 185 Å². The minimum atomic E-state index is -0.182. The molecule has 31 heavy (non-hydrogen) atoms. The molecule has 1 aliphatic rings. The third-order valence-electron chi connectivity index (χ3n) is 5.53. The van der Waals surface area contributed by atoms with Crippen LogP contribution < -0.4 is 15.6 Å². The molecule has 1 aliphatic carbocycles. The van der Waals surface area contributed by atoms with Gasteiger partial charge in [0.2, 0.25) is 10.9 Å². The van der Waals surface area contributed by atoms with Gasteiger partial charge in [-0.2, -0.15) is 9.61 Å². The standard InChI is InChI=1S/C23H28N4O3S/c1-2-3-12-20(28)24-17-10-7-11-19(13-17)30-15-18-14-21(29)27-23(25-18)31-22(26-27)16-8-5-4-6-9-16/h7,10-11,13-14,16H,2-6,8-9,12,15H2,1H3,(H,24,28). The molecule has 8 heteroatoms. The summed E-state index contributed by atoms with van der Waals surface area (Å²) in [5.41, 5.74) is 1.08. The van der Waals surface area contributed by atoms with E-state index in [4.69, 9.17) is 4.74 Å². The minimum Gasteiger partial charge on any atom is -0.487 e. The number of carbonyl (C=O) groups is 1. The number of anilines is 1. The lowest BCUT2D eigenvalue weighted by atomic mass is 9.90.